The molecule has 2 N–H and O–H groups in total. The fourth-order valence-corrected chi connectivity index (χ4v) is 0. The summed E-state index contributed by atoms with van der Waals surface area (Å²) in [7, 11) is 0. The van der Waals surface area contributed by atoms with E-state index >= 15 is 0 Å². The Kier molecular flexibility index (Phi) is 31.2. The van der Waals surface area contributed by atoms with Crippen LogP contribution in [0.5, 0.6) is 0 Å². The van der Waals surface area contributed by atoms with Gasteiger partial charge in [0.15, 0.2) is 0 Å². The first kappa shape index (κ1) is 15.9. The summed E-state index contributed by atoms with van der Waals surface area (Å²) in [6.07, 6.45) is -1.83. The average molecular weight is 171 g/mol. The summed E-state index contributed by atoms with van der Waals surface area (Å²) in [5, 5.41) is 14.1. The van der Waals surface area contributed by atoms with Crippen LogP contribution in [-0.4, -0.2) is 51.3 Å². The fraction of sp³-hybridized carbons (Fsp3) is 0.500. The van der Waals surface area contributed by atoms with Crippen LogP contribution in [0.1, 0.15) is 0 Å². The van der Waals surface area contributed by atoms with Crippen LogP contribution in [0.25, 0.3) is 0 Å². The van der Waals surface area contributed by atoms with Gasteiger partial charge in [0, 0.05) is 0 Å². The van der Waals surface area contributed by atoms with Gasteiger partial charge in [0.05, 0.1) is 5.34 Å². The number of rotatable bonds is 0. The van der Waals surface area contributed by atoms with E-state index in [9.17, 15) is 0 Å². The third-order valence-corrected chi connectivity index (χ3v) is 0. The topological polar surface area (TPSA) is 57.5 Å². The molecule has 3 nitrogen and oxygen atoms in total. The Morgan fingerprint density at radius 2 is 1.38 bits per heavy atom. The minimum atomic E-state index is -1.83. The molecule has 0 aliphatic carbocycles. The molecule has 0 saturated carbocycles. The van der Waals surface area contributed by atoms with Gasteiger partial charge < -0.3 is 10.2 Å². The standard InChI is InChI=1S/CH2Cl2.CH2O3.Na.H/c2-1-3;2-1(3)4;;/h1H2;(H2,2,3,4);;. The predicted molar refractivity (Wildman–Crippen MR) is 34.4 cm³/mol. The Morgan fingerprint density at radius 1 is 1.38 bits per heavy atom. The van der Waals surface area contributed by atoms with E-state index in [1.54, 1.807) is 0 Å². The molecule has 0 aromatic rings. The third kappa shape index (κ3) is 324. The van der Waals surface area contributed by atoms with Crippen molar-refractivity contribution in [2.24, 2.45) is 0 Å². The van der Waals surface area contributed by atoms with Crippen molar-refractivity contribution in [3.05, 3.63) is 0 Å². The van der Waals surface area contributed by atoms with Crippen LogP contribution in [0.2, 0.25) is 0 Å². The Balaban J connectivity index is -0.0000000575. The monoisotopic (exact) mass is 170 g/mol. The quantitative estimate of drug-likeness (QED) is 0.422. The van der Waals surface area contributed by atoms with Crippen molar-refractivity contribution in [3.8, 4) is 0 Å². The molecular weight excluding hydrogens is 166 g/mol. The summed E-state index contributed by atoms with van der Waals surface area (Å²) in [6.45, 7) is 0. The van der Waals surface area contributed by atoms with E-state index in [-0.39, 0.29) is 34.9 Å². The summed E-state index contributed by atoms with van der Waals surface area (Å²) in [4.78, 5) is 8.56. The second-order valence-corrected chi connectivity index (χ2v) is 1.19. The van der Waals surface area contributed by atoms with Gasteiger partial charge in [-0.25, -0.2) is 4.79 Å². The molecule has 0 bridgehead atoms. The maximum atomic E-state index is 8.56. The van der Waals surface area contributed by atoms with Crippen molar-refractivity contribution in [1.29, 1.82) is 0 Å². The molecule has 0 unspecified atom stereocenters. The van der Waals surface area contributed by atoms with Crippen molar-refractivity contribution in [2.75, 3.05) is 5.34 Å². The van der Waals surface area contributed by atoms with Gasteiger partial charge in [-0.15, -0.1) is 23.2 Å². The molecule has 0 saturated heterocycles. The summed E-state index contributed by atoms with van der Waals surface area (Å²) in [6, 6.07) is 0. The molecule has 8 heavy (non-hydrogen) atoms. The molecule has 0 rings (SSSR count). The number of carboxylic acid groups (broad SMARTS) is 2. The van der Waals surface area contributed by atoms with Crippen LogP contribution < -0.4 is 0 Å². The average Bonchev–Trinajstić information content (AvgIpc) is 1.33. The van der Waals surface area contributed by atoms with Gasteiger partial charge in [-0.05, 0) is 0 Å². The zero-order valence-corrected chi connectivity index (χ0v) is 4.78. The van der Waals surface area contributed by atoms with Crippen LogP contribution in [0.4, 0.5) is 4.79 Å². The molecule has 0 amide bonds. The first-order valence-electron chi connectivity index (χ1n) is 1.19. The summed E-state index contributed by atoms with van der Waals surface area (Å²) in [5.74, 6) is 0. The number of carbonyl (C=O) groups is 1. The zero-order chi connectivity index (χ0) is 6.28. The van der Waals surface area contributed by atoms with Gasteiger partial charge >= 0.3 is 35.7 Å². The molecule has 46 valence electrons. The summed E-state index contributed by atoms with van der Waals surface area (Å²) in [5.41, 5.74) is 0. The Hall–Kier alpha value is 0.850. The molecular formula is C2H5Cl2NaO3. The van der Waals surface area contributed by atoms with Crippen LogP contribution in [0.15, 0.2) is 0 Å². The SMILES string of the molecule is ClCCl.O=C(O)O.[NaH]. The van der Waals surface area contributed by atoms with E-state index in [2.05, 4.69) is 0 Å². The van der Waals surface area contributed by atoms with E-state index in [1.807, 2.05) is 0 Å². The molecule has 0 fully saturated rings. The maximum absolute atomic E-state index is 8.56. The van der Waals surface area contributed by atoms with Crippen molar-refractivity contribution >= 4 is 58.9 Å². The first-order valence-corrected chi connectivity index (χ1v) is 2.25. The number of halogens is 2. The van der Waals surface area contributed by atoms with Crippen molar-refractivity contribution in [2.45, 2.75) is 0 Å². The van der Waals surface area contributed by atoms with E-state index in [0.29, 0.717) is 0 Å². The third-order valence-electron chi connectivity index (χ3n) is 0. The van der Waals surface area contributed by atoms with E-state index < -0.39 is 6.16 Å². The van der Waals surface area contributed by atoms with Gasteiger partial charge in [-0.1, -0.05) is 0 Å². The van der Waals surface area contributed by atoms with Gasteiger partial charge in [0.2, 0.25) is 0 Å². The molecule has 6 heteroatoms. The van der Waals surface area contributed by atoms with Gasteiger partial charge in [0.1, 0.15) is 0 Å². The molecule has 0 heterocycles. The van der Waals surface area contributed by atoms with Crippen LogP contribution >= 0.6 is 23.2 Å². The van der Waals surface area contributed by atoms with E-state index in [1.165, 1.54) is 0 Å². The Labute approximate surface area is 78.9 Å². The second kappa shape index (κ2) is 15.7. The summed E-state index contributed by atoms with van der Waals surface area (Å²) >= 11 is 9.53. The van der Waals surface area contributed by atoms with Gasteiger partial charge in [-0.2, -0.15) is 0 Å². The minimum absolute atomic E-state index is 0. The molecule has 0 aromatic heterocycles. The Bertz CT molecular complexity index is 46.5. The first-order chi connectivity index (χ1) is 3.15. The van der Waals surface area contributed by atoms with Crippen molar-refractivity contribution in [1.82, 2.24) is 0 Å². The van der Waals surface area contributed by atoms with Crippen LogP contribution in [0.3, 0.4) is 0 Å². The molecule has 0 aromatic carbocycles. The molecule has 0 spiro atoms. The Morgan fingerprint density at radius 3 is 1.38 bits per heavy atom. The predicted octanol–water partition coefficient (Wildman–Crippen LogP) is 0.995. The van der Waals surface area contributed by atoms with Crippen molar-refractivity contribution in [3.63, 3.8) is 0 Å². The van der Waals surface area contributed by atoms with Gasteiger partial charge in [0.25, 0.3) is 0 Å². The molecule has 0 atom stereocenters. The second-order valence-electron chi connectivity index (χ2n) is 0.384. The van der Waals surface area contributed by atoms with Crippen molar-refractivity contribution < 1.29 is 15.0 Å². The zero-order valence-electron chi connectivity index (χ0n) is 3.27. The molecule has 0 aliphatic heterocycles. The normalized spacial score (nSPS) is 5.25. The van der Waals surface area contributed by atoms with Crippen LogP contribution in [0, 0.1) is 0 Å². The fourth-order valence-electron chi connectivity index (χ4n) is 0. The van der Waals surface area contributed by atoms with Crippen LogP contribution in [-0.2, 0) is 0 Å². The molecule has 0 aliphatic rings. The number of hydrogen-bond donors (Lipinski definition) is 2. The van der Waals surface area contributed by atoms with E-state index in [4.69, 9.17) is 38.2 Å². The number of hydrogen-bond acceptors (Lipinski definition) is 1. The molecule has 0 radical (unpaired) electrons. The van der Waals surface area contributed by atoms with E-state index in [0.717, 1.165) is 0 Å². The summed E-state index contributed by atoms with van der Waals surface area (Å²) < 4.78 is 0. The van der Waals surface area contributed by atoms with Gasteiger partial charge in [-0.3, -0.25) is 0 Å². The number of alkyl halides is 2.